The van der Waals surface area contributed by atoms with Crippen molar-refractivity contribution in [2.45, 2.75) is 19.5 Å². The maximum absolute atomic E-state index is 13.4. The zero-order valence-corrected chi connectivity index (χ0v) is 11.7. The molecular formula is C16H18FN3O. The molecule has 0 unspecified atom stereocenters. The number of nitrogens with one attached hydrogen (secondary N) is 2. The molecule has 4 nitrogen and oxygen atoms in total. The number of halogens is 1. The monoisotopic (exact) mass is 287 g/mol. The number of pyridine rings is 1. The standard InChI is InChI=1S/C16H18FN3O/c17-15-4-2-1-3-14(15)12-20-16(21)7-10-19-11-13-5-8-18-9-6-13/h1-6,8-9,19H,7,10-12H2,(H,20,21). The summed E-state index contributed by atoms with van der Waals surface area (Å²) in [6, 6.07) is 10.3. The van der Waals surface area contributed by atoms with Crippen LogP contribution in [0.25, 0.3) is 0 Å². The van der Waals surface area contributed by atoms with Crippen molar-refractivity contribution in [2.75, 3.05) is 6.54 Å². The number of carbonyl (C=O) groups excluding carboxylic acids is 1. The van der Waals surface area contributed by atoms with Gasteiger partial charge in [-0.25, -0.2) is 4.39 Å². The number of benzene rings is 1. The van der Waals surface area contributed by atoms with Gasteiger partial charge in [0, 0.05) is 44.0 Å². The van der Waals surface area contributed by atoms with Crippen molar-refractivity contribution in [3.63, 3.8) is 0 Å². The molecule has 0 fully saturated rings. The summed E-state index contributed by atoms with van der Waals surface area (Å²) in [5.74, 6) is -0.394. The van der Waals surface area contributed by atoms with Gasteiger partial charge in [-0.3, -0.25) is 9.78 Å². The van der Waals surface area contributed by atoms with Crippen molar-refractivity contribution >= 4 is 5.91 Å². The molecule has 0 atom stereocenters. The van der Waals surface area contributed by atoms with Crippen LogP contribution in [-0.4, -0.2) is 17.4 Å². The number of aromatic nitrogens is 1. The Balaban J connectivity index is 1.63. The molecule has 1 amide bonds. The van der Waals surface area contributed by atoms with Crippen LogP contribution in [0.1, 0.15) is 17.5 Å². The predicted octanol–water partition coefficient (Wildman–Crippen LogP) is 2.02. The highest BCUT2D eigenvalue weighted by Crippen LogP contribution is 2.05. The second-order valence-corrected chi connectivity index (χ2v) is 4.65. The van der Waals surface area contributed by atoms with E-state index in [1.165, 1.54) is 6.07 Å². The van der Waals surface area contributed by atoms with E-state index < -0.39 is 0 Å². The van der Waals surface area contributed by atoms with Crippen LogP contribution < -0.4 is 10.6 Å². The van der Waals surface area contributed by atoms with Gasteiger partial charge in [0.2, 0.25) is 5.91 Å². The Bertz CT molecular complexity index is 575. The number of hydrogen-bond donors (Lipinski definition) is 2. The lowest BCUT2D eigenvalue weighted by molar-refractivity contribution is -0.121. The Kier molecular flexibility index (Phi) is 5.84. The Morgan fingerprint density at radius 3 is 2.62 bits per heavy atom. The Hall–Kier alpha value is -2.27. The Morgan fingerprint density at radius 1 is 1.10 bits per heavy atom. The smallest absolute Gasteiger partial charge is 0.221 e. The van der Waals surface area contributed by atoms with Gasteiger partial charge in [-0.2, -0.15) is 0 Å². The minimum Gasteiger partial charge on any atom is -0.352 e. The lowest BCUT2D eigenvalue weighted by Gasteiger charge is -2.07. The zero-order valence-electron chi connectivity index (χ0n) is 11.7. The van der Waals surface area contributed by atoms with E-state index >= 15 is 0 Å². The summed E-state index contributed by atoms with van der Waals surface area (Å²) in [4.78, 5) is 15.6. The largest absolute Gasteiger partial charge is 0.352 e. The third kappa shape index (κ3) is 5.31. The molecule has 0 radical (unpaired) electrons. The highest BCUT2D eigenvalue weighted by Gasteiger charge is 2.04. The molecule has 0 aliphatic carbocycles. The van der Waals surface area contributed by atoms with Crippen molar-refractivity contribution in [2.24, 2.45) is 0 Å². The molecule has 1 aromatic carbocycles. The SMILES string of the molecule is O=C(CCNCc1ccncc1)NCc1ccccc1F. The molecule has 2 aromatic rings. The van der Waals surface area contributed by atoms with E-state index in [1.54, 1.807) is 30.6 Å². The first-order chi connectivity index (χ1) is 10.3. The van der Waals surface area contributed by atoms with Crippen LogP contribution >= 0.6 is 0 Å². The fraction of sp³-hybridized carbons (Fsp3) is 0.250. The van der Waals surface area contributed by atoms with Crippen molar-refractivity contribution < 1.29 is 9.18 Å². The van der Waals surface area contributed by atoms with Crippen molar-refractivity contribution in [1.29, 1.82) is 0 Å². The van der Waals surface area contributed by atoms with Crippen LogP contribution in [0.4, 0.5) is 4.39 Å². The van der Waals surface area contributed by atoms with Gasteiger partial charge < -0.3 is 10.6 Å². The lowest BCUT2D eigenvalue weighted by Crippen LogP contribution is -2.27. The number of rotatable bonds is 7. The van der Waals surface area contributed by atoms with E-state index in [9.17, 15) is 9.18 Å². The fourth-order valence-electron chi connectivity index (χ4n) is 1.86. The van der Waals surface area contributed by atoms with Gasteiger partial charge >= 0.3 is 0 Å². The average molecular weight is 287 g/mol. The second kappa shape index (κ2) is 8.11. The molecule has 0 saturated heterocycles. The topological polar surface area (TPSA) is 54.0 Å². The third-order valence-corrected chi connectivity index (χ3v) is 3.04. The van der Waals surface area contributed by atoms with Crippen LogP contribution in [-0.2, 0) is 17.9 Å². The molecule has 0 spiro atoms. The van der Waals surface area contributed by atoms with Gasteiger partial charge in [-0.05, 0) is 23.8 Å². The molecule has 0 bridgehead atoms. The van der Waals surface area contributed by atoms with E-state index in [-0.39, 0.29) is 18.3 Å². The van der Waals surface area contributed by atoms with Crippen LogP contribution in [0.3, 0.4) is 0 Å². The predicted molar refractivity (Wildman–Crippen MR) is 78.8 cm³/mol. The minimum absolute atomic E-state index is 0.0968. The summed E-state index contributed by atoms with van der Waals surface area (Å²) in [5, 5.41) is 5.89. The van der Waals surface area contributed by atoms with Crippen LogP contribution in [0.5, 0.6) is 0 Å². The fourth-order valence-corrected chi connectivity index (χ4v) is 1.86. The summed E-state index contributed by atoms with van der Waals surface area (Å²) in [7, 11) is 0. The van der Waals surface area contributed by atoms with E-state index in [4.69, 9.17) is 0 Å². The summed E-state index contributed by atoms with van der Waals surface area (Å²) < 4.78 is 13.4. The van der Waals surface area contributed by atoms with Gasteiger partial charge in [0.05, 0.1) is 0 Å². The molecular weight excluding hydrogens is 269 g/mol. The average Bonchev–Trinajstić information content (AvgIpc) is 2.52. The molecule has 2 rings (SSSR count). The van der Waals surface area contributed by atoms with E-state index in [2.05, 4.69) is 15.6 Å². The van der Waals surface area contributed by atoms with Gasteiger partial charge in [-0.1, -0.05) is 18.2 Å². The Morgan fingerprint density at radius 2 is 1.86 bits per heavy atom. The molecule has 0 aliphatic heterocycles. The van der Waals surface area contributed by atoms with Crippen molar-refractivity contribution in [3.05, 3.63) is 65.7 Å². The summed E-state index contributed by atoms with van der Waals surface area (Å²) in [6.07, 6.45) is 3.83. The first kappa shape index (κ1) is 15.1. The molecule has 21 heavy (non-hydrogen) atoms. The molecule has 2 N–H and O–H groups in total. The number of amides is 1. The maximum Gasteiger partial charge on any atom is 0.221 e. The third-order valence-electron chi connectivity index (χ3n) is 3.04. The number of hydrogen-bond acceptors (Lipinski definition) is 3. The minimum atomic E-state index is -0.298. The van der Waals surface area contributed by atoms with Gasteiger partial charge in [-0.15, -0.1) is 0 Å². The van der Waals surface area contributed by atoms with E-state index in [0.29, 0.717) is 25.1 Å². The molecule has 110 valence electrons. The van der Waals surface area contributed by atoms with Gasteiger partial charge in [0.15, 0.2) is 0 Å². The van der Waals surface area contributed by atoms with Gasteiger partial charge in [0.1, 0.15) is 5.82 Å². The first-order valence-electron chi connectivity index (χ1n) is 6.85. The second-order valence-electron chi connectivity index (χ2n) is 4.65. The zero-order chi connectivity index (χ0) is 14.9. The van der Waals surface area contributed by atoms with Crippen LogP contribution in [0.2, 0.25) is 0 Å². The molecule has 1 aromatic heterocycles. The summed E-state index contributed by atoms with van der Waals surface area (Å²) in [5.41, 5.74) is 1.62. The highest BCUT2D eigenvalue weighted by molar-refractivity contribution is 5.76. The lowest BCUT2D eigenvalue weighted by atomic mass is 10.2. The van der Waals surface area contributed by atoms with Crippen molar-refractivity contribution in [3.8, 4) is 0 Å². The maximum atomic E-state index is 13.4. The number of nitrogens with zero attached hydrogens (tertiary/aromatic N) is 1. The van der Waals surface area contributed by atoms with E-state index in [0.717, 1.165) is 5.56 Å². The van der Waals surface area contributed by atoms with Gasteiger partial charge in [0.25, 0.3) is 0 Å². The van der Waals surface area contributed by atoms with Crippen molar-refractivity contribution in [1.82, 2.24) is 15.6 Å². The van der Waals surface area contributed by atoms with Crippen LogP contribution in [0, 0.1) is 5.82 Å². The Labute approximate surface area is 123 Å². The summed E-state index contributed by atoms with van der Waals surface area (Å²) in [6.45, 7) is 1.49. The molecule has 1 heterocycles. The highest BCUT2D eigenvalue weighted by atomic mass is 19.1. The quantitative estimate of drug-likeness (QED) is 0.766. The molecule has 0 aliphatic rings. The molecule has 5 heteroatoms. The first-order valence-corrected chi connectivity index (χ1v) is 6.85. The van der Waals surface area contributed by atoms with Crippen LogP contribution in [0.15, 0.2) is 48.8 Å². The van der Waals surface area contributed by atoms with E-state index in [1.807, 2.05) is 12.1 Å². The number of carbonyl (C=O) groups is 1. The normalized spacial score (nSPS) is 10.3. The summed E-state index contributed by atoms with van der Waals surface area (Å²) >= 11 is 0. The molecule has 0 saturated carbocycles.